The second kappa shape index (κ2) is 11.9. The lowest BCUT2D eigenvalue weighted by atomic mass is 10.1. The summed E-state index contributed by atoms with van der Waals surface area (Å²) in [5, 5.41) is 14.0. The number of hydrogen-bond donors (Lipinski definition) is 3. The molecular formula is C21H33N5. The smallest absolute Gasteiger partial charge is 0.104 e. The third-order valence-corrected chi connectivity index (χ3v) is 3.89. The second-order valence-electron chi connectivity index (χ2n) is 5.90. The van der Waals surface area contributed by atoms with Crippen LogP contribution in [-0.2, 0) is 0 Å². The van der Waals surface area contributed by atoms with Gasteiger partial charge in [-0.05, 0) is 25.0 Å². The lowest BCUT2D eigenvalue weighted by Gasteiger charge is -2.20. The molecule has 0 radical (unpaired) electrons. The molecule has 0 saturated carbocycles. The molecule has 0 aliphatic heterocycles. The summed E-state index contributed by atoms with van der Waals surface area (Å²) in [5.41, 5.74) is 4.28. The Balaban J connectivity index is 0.00000163. The van der Waals surface area contributed by atoms with E-state index in [4.69, 9.17) is 0 Å². The molecule has 5 heteroatoms. The van der Waals surface area contributed by atoms with Gasteiger partial charge in [0, 0.05) is 29.7 Å². The van der Waals surface area contributed by atoms with E-state index in [1.54, 1.807) is 18.6 Å². The van der Waals surface area contributed by atoms with Crippen LogP contribution in [0.25, 0.3) is 11.4 Å². The first kappa shape index (κ1) is 21.5. The van der Waals surface area contributed by atoms with Gasteiger partial charge in [-0.15, -0.1) is 0 Å². The maximum absolute atomic E-state index is 4.18. The molecule has 2 aromatic heterocycles. The summed E-state index contributed by atoms with van der Waals surface area (Å²) in [6.45, 7) is 16.7. The maximum atomic E-state index is 4.18. The van der Waals surface area contributed by atoms with E-state index in [9.17, 15) is 0 Å². The first-order chi connectivity index (χ1) is 12.7. The third-order valence-electron chi connectivity index (χ3n) is 3.89. The Morgan fingerprint density at radius 2 is 1.81 bits per heavy atom. The van der Waals surface area contributed by atoms with E-state index in [1.807, 2.05) is 26.0 Å². The van der Waals surface area contributed by atoms with Gasteiger partial charge in [0.2, 0.25) is 0 Å². The summed E-state index contributed by atoms with van der Waals surface area (Å²) >= 11 is 0. The predicted octanol–water partition coefficient (Wildman–Crippen LogP) is 5.44. The molecule has 0 unspecified atom stereocenters. The van der Waals surface area contributed by atoms with E-state index in [-0.39, 0.29) is 0 Å². The van der Waals surface area contributed by atoms with Gasteiger partial charge in [0.25, 0.3) is 0 Å². The van der Waals surface area contributed by atoms with E-state index in [1.165, 1.54) is 0 Å². The zero-order valence-electron chi connectivity index (χ0n) is 16.6. The Morgan fingerprint density at radius 1 is 1.12 bits per heavy atom. The molecule has 0 spiro atoms. The van der Waals surface area contributed by atoms with Crippen LogP contribution >= 0.6 is 0 Å². The molecule has 0 fully saturated rings. The molecule has 0 amide bonds. The number of aromatic amines is 1. The van der Waals surface area contributed by atoms with Gasteiger partial charge >= 0.3 is 0 Å². The summed E-state index contributed by atoms with van der Waals surface area (Å²) in [7, 11) is 0. The van der Waals surface area contributed by atoms with Crippen LogP contribution in [0.3, 0.4) is 0 Å². The summed E-state index contributed by atoms with van der Waals surface area (Å²) < 4.78 is 0. The van der Waals surface area contributed by atoms with E-state index in [0.717, 1.165) is 54.0 Å². The summed E-state index contributed by atoms with van der Waals surface area (Å²) in [4.78, 5) is 4.12. The van der Waals surface area contributed by atoms with Crippen LogP contribution in [0.15, 0.2) is 43.9 Å². The molecule has 0 atom stereocenters. The number of nitrogens with one attached hydrogen (secondary N) is 3. The fourth-order valence-corrected chi connectivity index (χ4v) is 2.69. The van der Waals surface area contributed by atoms with Crippen LogP contribution in [0.1, 0.15) is 64.6 Å². The Morgan fingerprint density at radius 3 is 2.38 bits per heavy atom. The normalized spacial score (nSPS) is 10.0. The highest BCUT2D eigenvalue weighted by Gasteiger charge is 2.13. The number of nitrogens with zero attached hydrogens (tertiary/aromatic N) is 2. The standard InChI is InChI=1S/C19H27N5.C2H6/c1-5-8-17(9-6-2)22-15(4)19-18(13-21-24-19)23-14(3)16-10-7-11-20-12-16;1-2/h7,10-13,17,22-23H,3-6,8-9H2,1-2H3,(H,21,24);1-2H3. The average Bonchev–Trinajstić information content (AvgIpc) is 3.13. The Hall–Kier alpha value is -2.56. The fraction of sp³-hybridized carbons (Fsp3) is 0.429. The van der Waals surface area contributed by atoms with Gasteiger partial charge in [-0.1, -0.05) is 53.7 Å². The minimum absolute atomic E-state index is 0.435. The number of aromatic nitrogens is 3. The minimum atomic E-state index is 0.435. The van der Waals surface area contributed by atoms with Crippen LogP contribution in [0, 0.1) is 0 Å². The van der Waals surface area contributed by atoms with Gasteiger partial charge in [0.1, 0.15) is 5.69 Å². The van der Waals surface area contributed by atoms with Crippen molar-refractivity contribution in [1.29, 1.82) is 0 Å². The summed E-state index contributed by atoms with van der Waals surface area (Å²) in [6.07, 6.45) is 9.83. The van der Waals surface area contributed by atoms with Crippen molar-refractivity contribution < 1.29 is 0 Å². The second-order valence-corrected chi connectivity index (χ2v) is 5.90. The molecule has 0 aliphatic rings. The molecule has 2 aromatic rings. The molecule has 0 saturated heterocycles. The van der Waals surface area contributed by atoms with Crippen LogP contribution < -0.4 is 10.6 Å². The monoisotopic (exact) mass is 355 g/mol. The lowest BCUT2D eigenvalue weighted by Crippen LogP contribution is -2.27. The molecule has 0 bridgehead atoms. The van der Waals surface area contributed by atoms with Gasteiger partial charge in [-0.2, -0.15) is 5.10 Å². The van der Waals surface area contributed by atoms with Crippen molar-refractivity contribution in [1.82, 2.24) is 20.5 Å². The first-order valence-corrected chi connectivity index (χ1v) is 9.51. The van der Waals surface area contributed by atoms with Crippen molar-refractivity contribution in [2.75, 3.05) is 5.32 Å². The quantitative estimate of drug-likeness (QED) is 0.531. The number of H-pyrrole nitrogens is 1. The van der Waals surface area contributed by atoms with Gasteiger partial charge in [-0.25, -0.2) is 0 Å². The molecule has 0 aliphatic carbocycles. The topological polar surface area (TPSA) is 65.6 Å². The van der Waals surface area contributed by atoms with Crippen molar-refractivity contribution >= 4 is 17.1 Å². The molecule has 2 rings (SSSR count). The Bertz CT molecular complexity index is 654. The highest BCUT2D eigenvalue weighted by atomic mass is 15.2. The van der Waals surface area contributed by atoms with Gasteiger partial charge in [0.15, 0.2) is 0 Å². The lowest BCUT2D eigenvalue weighted by molar-refractivity contribution is 0.502. The number of anilines is 1. The van der Waals surface area contributed by atoms with E-state index in [0.29, 0.717) is 6.04 Å². The largest absolute Gasteiger partial charge is 0.381 e. The maximum Gasteiger partial charge on any atom is 0.104 e. The van der Waals surface area contributed by atoms with Crippen molar-refractivity contribution in [3.05, 3.63) is 55.1 Å². The van der Waals surface area contributed by atoms with Crippen molar-refractivity contribution in [3.63, 3.8) is 0 Å². The Labute approximate surface area is 158 Å². The molecule has 26 heavy (non-hydrogen) atoms. The van der Waals surface area contributed by atoms with E-state index >= 15 is 0 Å². The highest BCUT2D eigenvalue weighted by Crippen LogP contribution is 2.23. The minimum Gasteiger partial charge on any atom is -0.381 e. The number of pyridine rings is 1. The first-order valence-electron chi connectivity index (χ1n) is 9.51. The van der Waals surface area contributed by atoms with Crippen molar-refractivity contribution in [2.24, 2.45) is 0 Å². The van der Waals surface area contributed by atoms with Gasteiger partial charge in [-0.3, -0.25) is 10.1 Å². The molecule has 142 valence electrons. The molecule has 5 nitrogen and oxygen atoms in total. The van der Waals surface area contributed by atoms with Crippen LogP contribution in [0.4, 0.5) is 5.69 Å². The summed E-state index contributed by atoms with van der Waals surface area (Å²) in [6, 6.07) is 4.29. The Kier molecular flexibility index (Phi) is 9.83. The van der Waals surface area contributed by atoms with Crippen LogP contribution in [-0.4, -0.2) is 21.2 Å². The zero-order chi connectivity index (χ0) is 19.4. The molecule has 3 N–H and O–H groups in total. The molecular weight excluding hydrogens is 322 g/mol. The highest BCUT2D eigenvalue weighted by molar-refractivity contribution is 5.80. The fourth-order valence-electron chi connectivity index (χ4n) is 2.69. The molecule has 0 aromatic carbocycles. The number of rotatable bonds is 10. The predicted molar refractivity (Wildman–Crippen MR) is 113 cm³/mol. The SMILES string of the molecule is C=C(Nc1cn[nH]c1C(=C)NC(CCC)CCC)c1cccnc1.CC. The third kappa shape index (κ3) is 6.39. The number of hydrogen-bond acceptors (Lipinski definition) is 4. The average molecular weight is 356 g/mol. The van der Waals surface area contributed by atoms with Crippen LogP contribution in [0.2, 0.25) is 0 Å². The van der Waals surface area contributed by atoms with E-state index in [2.05, 4.69) is 52.8 Å². The van der Waals surface area contributed by atoms with Crippen molar-refractivity contribution in [3.8, 4) is 0 Å². The molecule has 2 heterocycles. The van der Waals surface area contributed by atoms with E-state index < -0.39 is 0 Å². The van der Waals surface area contributed by atoms with Crippen molar-refractivity contribution in [2.45, 2.75) is 59.4 Å². The van der Waals surface area contributed by atoms with Gasteiger partial charge < -0.3 is 10.6 Å². The van der Waals surface area contributed by atoms with Crippen LogP contribution in [0.5, 0.6) is 0 Å². The van der Waals surface area contributed by atoms with Gasteiger partial charge in [0.05, 0.1) is 17.6 Å². The summed E-state index contributed by atoms with van der Waals surface area (Å²) in [5.74, 6) is 0. The zero-order valence-corrected chi connectivity index (χ0v) is 16.6.